The molecule has 1 saturated heterocycles. The molecule has 18 heavy (non-hydrogen) atoms. The SMILES string of the molecule is O=C(O)CC1COCCN1C(=O)c1cncnc1. The normalized spacial score (nSPS) is 19.6. The van der Waals surface area contributed by atoms with Crippen LogP contribution >= 0.6 is 0 Å². The van der Waals surface area contributed by atoms with E-state index < -0.39 is 12.0 Å². The fraction of sp³-hybridized carbons (Fsp3) is 0.455. The molecule has 1 aliphatic heterocycles. The Hall–Kier alpha value is -2.02. The summed E-state index contributed by atoms with van der Waals surface area (Å²) in [6.45, 7) is 1.03. The highest BCUT2D eigenvalue weighted by Crippen LogP contribution is 2.14. The average Bonchev–Trinajstić information content (AvgIpc) is 2.39. The summed E-state index contributed by atoms with van der Waals surface area (Å²) in [5.74, 6) is -1.21. The number of morpholine rings is 1. The molecule has 2 rings (SSSR count). The summed E-state index contributed by atoms with van der Waals surface area (Å²) >= 11 is 0. The molecule has 1 unspecified atom stereocenters. The van der Waals surface area contributed by atoms with Gasteiger partial charge in [-0.15, -0.1) is 0 Å². The lowest BCUT2D eigenvalue weighted by atomic mass is 10.1. The summed E-state index contributed by atoms with van der Waals surface area (Å²) in [5, 5.41) is 8.82. The van der Waals surface area contributed by atoms with Crippen molar-refractivity contribution in [1.29, 1.82) is 0 Å². The first kappa shape index (κ1) is 12.4. The molecule has 1 fully saturated rings. The third kappa shape index (κ3) is 2.80. The van der Waals surface area contributed by atoms with E-state index in [0.717, 1.165) is 0 Å². The number of carbonyl (C=O) groups is 2. The van der Waals surface area contributed by atoms with Gasteiger partial charge in [0.05, 0.1) is 31.2 Å². The molecule has 7 nitrogen and oxygen atoms in total. The summed E-state index contributed by atoms with van der Waals surface area (Å²) in [4.78, 5) is 32.0. The Bertz CT molecular complexity index is 437. The van der Waals surface area contributed by atoms with E-state index in [9.17, 15) is 9.59 Å². The molecule has 1 atom stereocenters. The Morgan fingerprint density at radius 2 is 2.17 bits per heavy atom. The second-order valence-corrected chi connectivity index (χ2v) is 3.95. The van der Waals surface area contributed by atoms with Gasteiger partial charge in [0.2, 0.25) is 0 Å². The Balaban J connectivity index is 2.13. The van der Waals surface area contributed by atoms with Gasteiger partial charge in [-0.05, 0) is 0 Å². The molecule has 1 aromatic rings. The van der Waals surface area contributed by atoms with Crippen molar-refractivity contribution in [1.82, 2.24) is 14.9 Å². The smallest absolute Gasteiger partial charge is 0.305 e. The number of aliphatic carboxylic acids is 1. The lowest BCUT2D eigenvalue weighted by Gasteiger charge is -2.34. The van der Waals surface area contributed by atoms with Crippen LogP contribution < -0.4 is 0 Å². The van der Waals surface area contributed by atoms with Crippen molar-refractivity contribution in [3.63, 3.8) is 0 Å². The zero-order chi connectivity index (χ0) is 13.0. The van der Waals surface area contributed by atoms with Crippen LogP contribution in [-0.2, 0) is 9.53 Å². The van der Waals surface area contributed by atoms with Crippen LogP contribution in [0.4, 0.5) is 0 Å². The number of carboxylic acids is 1. The summed E-state index contributed by atoms with van der Waals surface area (Å²) in [7, 11) is 0. The Labute approximate surface area is 103 Å². The first-order valence-electron chi connectivity index (χ1n) is 5.54. The van der Waals surface area contributed by atoms with E-state index in [0.29, 0.717) is 18.7 Å². The van der Waals surface area contributed by atoms with Gasteiger partial charge in [-0.3, -0.25) is 9.59 Å². The van der Waals surface area contributed by atoms with Crippen LogP contribution in [0.3, 0.4) is 0 Å². The van der Waals surface area contributed by atoms with Gasteiger partial charge in [0.1, 0.15) is 6.33 Å². The van der Waals surface area contributed by atoms with Gasteiger partial charge < -0.3 is 14.7 Å². The highest BCUT2D eigenvalue weighted by atomic mass is 16.5. The maximum Gasteiger partial charge on any atom is 0.305 e. The van der Waals surface area contributed by atoms with Crippen molar-refractivity contribution < 1.29 is 19.4 Å². The minimum absolute atomic E-state index is 0.126. The molecular weight excluding hydrogens is 238 g/mol. The molecule has 1 aromatic heterocycles. The molecule has 0 bridgehead atoms. The molecule has 96 valence electrons. The number of carbonyl (C=O) groups excluding carboxylic acids is 1. The second-order valence-electron chi connectivity index (χ2n) is 3.95. The van der Waals surface area contributed by atoms with Gasteiger partial charge in [-0.1, -0.05) is 0 Å². The molecule has 0 saturated carbocycles. The predicted molar refractivity (Wildman–Crippen MR) is 59.9 cm³/mol. The van der Waals surface area contributed by atoms with Crippen LogP contribution in [0.25, 0.3) is 0 Å². The highest BCUT2D eigenvalue weighted by molar-refractivity contribution is 5.94. The number of hydrogen-bond acceptors (Lipinski definition) is 5. The molecule has 1 aliphatic rings. The maximum atomic E-state index is 12.2. The summed E-state index contributed by atoms with van der Waals surface area (Å²) < 4.78 is 5.21. The first-order valence-corrected chi connectivity index (χ1v) is 5.54. The molecule has 2 heterocycles. The van der Waals surface area contributed by atoms with Gasteiger partial charge in [0, 0.05) is 18.9 Å². The molecular formula is C11H13N3O4. The fourth-order valence-corrected chi connectivity index (χ4v) is 1.87. The summed E-state index contributed by atoms with van der Waals surface area (Å²) in [6.07, 6.45) is 4.05. The Morgan fingerprint density at radius 1 is 1.44 bits per heavy atom. The van der Waals surface area contributed by atoms with Gasteiger partial charge in [-0.25, -0.2) is 9.97 Å². The maximum absolute atomic E-state index is 12.2. The topological polar surface area (TPSA) is 92.6 Å². The number of aromatic nitrogens is 2. The molecule has 7 heteroatoms. The summed E-state index contributed by atoms with van der Waals surface area (Å²) in [5.41, 5.74) is 0.356. The number of carboxylic acid groups (broad SMARTS) is 1. The second kappa shape index (κ2) is 5.54. The van der Waals surface area contributed by atoms with Crippen molar-refractivity contribution in [2.24, 2.45) is 0 Å². The van der Waals surface area contributed by atoms with Gasteiger partial charge >= 0.3 is 5.97 Å². The van der Waals surface area contributed by atoms with E-state index in [1.807, 2.05) is 0 Å². The molecule has 0 aromatic carbocycles. The average molecular weight is 251 g/mol. The van der Waals surface area contributed by atoms with E-state index in [-0.39, 0.29) is 18.9 Å². The van der Waals surface area contributed by atoms with Crippen LogP contribution in [0.1, 0.15) is 16.8 Å². The largest absolute Gasteiger partial charge is 0.481 e. The van der Waals surface area contributed by atoms with Gasteiger partial charge in [0.25, 0.3) is 5.91 Å². The van der Waals surface area contributed by atoms with Crippen molar-refractivity contribution in [2.75, 3.05) is 19.8 Å². The molecule has 1 N–H and O–H groups in total. The van der Waals surface area contributed by atoms with Crippen LogP contribution in [0.2, 0.25) is 0 Å². The molecule has 0 radical (unpaired) electrons. The Kier molecular flexibility index (Phi) is 3.83. The van der Waals surface area contributed by atoms with E-state index in [4.69, 9.17) is 9.84 Å². The molecule has 0 aliphatic carbocycles. The van der Waals surface area contributed by atoms with Crippen LogP contribution in [0, 0.1) is 0 Å². The van der Waals surface area contributed by atoms with E-state index in [2.05, 4.69) is 9.97 Å². The monoisotopic (exact) mass is 251 g/mol. The van der Waals surface area contributed by atoms with Crippen molar-refractivity contribution in [2.45, 2.75) is 12.5 Å². The molecule has 0 spiro atoms. The van der Waals surface area contributed by atoms with Gasteiger partial charge in [-0.2, -0.15) is 0 Å². The standard InChI is InChI=1S/C11H13N3O4/c15-10(16)3-9-6-18-2-1-14(9)11(17)8-4-12-7-13-5-8/h4-5,7,9H,1-3,6H2,(H,15,16). The van der Waals surface area contributed by atoms with Crippen molar-refractivity contribution in [3.8, 4) is 0 Å². The number of amides is 1. The predicted octanol–water partition coefficient (Wildman–Crippen LogP) is -0.208. The first-order chi connectivity index (χ1) is 8.68. The lowest BCUT2D eigenvalue weighted by Crippen LogP contribution is -2.49. The van der Waals surface area contributed by atoms with Crippen molar-refractivity contribution >= 4 is 11.9 Å². The Morgan fingerprint density at radius 3 is 2.83 bits per heavy atom. The van der Waals surface area contributed by atoms with E-state index in [1.54, 1.807) is 0 Å². The number of hydrogen-bond donors (Lipinski definition) is 1. The fourth-order valence-electron chi connectivity index (χ4n) is 1.87. The van der Waals surface area contributed by atoms with Crippen LogP contribution in [0.15, 0.2) is 18.7 Å². The van der Waals surface area contributed by atoms with Crippen LogP contribution in [-0.4, -0.2) is 57.7 Å². The minimum Gasteiger partial charge on any atom is -0.481 e. The van der Waals surface area contributed by atoms with Gasteiger partial charge in [0.15, 0.2) is 0 Å². The van der Waals surface area contributed by atoms with E-state index >= 15 is 0 Å². The third-order valence-electron chi connectivity index (χ3n) is 2.71. The molecule has 1 amide bonds. The zero-order valence-corrected chi connectivity index (χ0v) is 9.65. The summed E-state index contributed by atoms with van der Waals surface area (Å²) in [6, 6.07) is -0.441. The zero-order valence-electron chi connectivity index (χ0n) is 9.65. The third-order valence-corrected chi connectivity index (χ3v) is 2.71. The number of rotatable bonds is 3. The quantitative estimate of drug-likeness (QED) is 0.799. The van der Waals surface area contributed by atoms with Crippen LogP contribution in [0.5, 0.6) is 0 Å². The highest BCUT2D eigenvalue weighted by Gasteiger charge is 2.29. The number of nitrogens with zero attached hydrogens (tertiary/aromatic N) is 3. The van der Waals surface area contributed by atoms with E-state index in [1.165, 1.54) is 23.6 Å². The van der Waals surface area contributed by atoms with Crippen molar-refractivity contribution in [3.05, 3.63) is 24.3 Å². The lowest BCUT2D eigenvalue weighted by molar-refractivity contribution is -0.139. The number of ether oxygens (including phenoxy) is 1. The minimum atomic E-state index is -0.951.